The minimum absolute atomic E-state index is 0.0157. The third-order valence-electron chi connectivity index (χ3n) is 2.40. The molecule has 0 radical (unpaired) electrons. The molecule has 0 aliphatic carbocycles. The van der Waals surface area contributed by atoms with Crippen molar-refractivity contribution in [3.05, 3.63) is 69.2 Å². The number of nitro groups is 1. The monoisotopic (exact) mass is 336 g/mol. The van der Waals surface area contributed by atoms with Crippen LogP contribution in [0.5, 0.6) is 0 Å². The van der Waals surface area contributed by atoms with Crippen molar-refractivity contribution in [3.63, 3.8) is 0 Å². The second kappa shape index (κ2) is 6.16. The first-order valence-electron chi connectivity index (χ1n) is 5.53. The van der Waals surface area contributed by atoms with Gasteiger partial charge in [-0.15, -0.1) is 0 Å². The second-order valence-electron chi connectivity index (χ2n) is 3.74. The number of nitrogens with zero attached hydrogens (tertiary/aromatic N) is 1. The summed E-state index contributed by atoms with van der Waals surface area (Å²) in [6.45, 7) is 0. The van der Waals surface area contributed by atoms with E-state index in [1.165, 1.54) is 30.7 Å². The average molecular weight is 337 g/mol. The summed E-state index contributed by atoms with van der Waals surface area (Å²) in [5, 5.41) is 13.5. The molecule has 1 N–H and O–H groups in total. The predicted octanol–water partition coefficient (Wildman–Crippen LogP) is 3.76. The molecule has 1 aromatic carbocycles. The first-order valence-corrected chi connectivity index (χ1v) is 6.32. The Balaban J connectivity index is 2.04. The molecule has 7 heteroatoms. The minimum atomic E-state index is -0.481. The van der Waals surface area contributed by atoms with Gasteiger partial charge < -0.3 is 9.73 Å². The van der Waals surface area contributed by atoms with Crippen LogP contribution >= 0.6 is 15.9 Å². The highest BCUT2D eigenvalue weighted by Crippen LogP contribution is 2.27. The number of carbonyl (C=O) groups excluding carboxylic acids is 1. The van der Waals surface area contributed by atoms with Crippen molar-refractivity contribution in [2.75, 3.05) is 5.32 Å². The number of non-ortho nitro benzene ring substituents is 1. The highest BCUT2D eigenvalue weighted by atomic mass is 79.9. The number of halogens is 1. The van der Waals surface area contributed by atoms with Crippen molar-refractivity contribution in [1.82, 2.24) is 0 Å². The molecule has 1 heterocycles. The van der Waals surface area contributed by atoms with E-state index in [0.717, 1.165) is 0 Å². The molecule has 20 heavy (non-hydrogen) atoms. The van der Waals surface area contributed by atoms with Gasteiger partial charge in [-0.1, -0.05) is 0 Å². The largest absolute Gasteiger partial charge is 0.461 e. The molecule has 0 spiro atoms. The van der Waals surface area contributed by atoms with Crippen LogP contribution in [-0.2, 0) is 0 Å². The summed E-state index contributed by atoms with van der Waals surface area (Å²) < 4.78 is 5.48. The third-order valence-corrected chi connectivity index (χ3v) is 3.06. The zero-order valence-corrected chi connectivity index (χ0v) is 11.7. The van der Waals surface area contributed by atoms with Crippen LogP contribution in [0, 0.1) is 10.1 Å². The lowest BCUT2D eigenvalue weighted by Crippen LogP contribution is -1.95. The zero-order chi connectivity index (χ0) is 14.5. The van der Waals surface area contributed by atoms with E-state index in [1.54, 1.807) is 18.2 Å². The topological polar surface area (TPSA) is 85.4 Å². The first-order chi connectivity index (χ1) is 9.58. The van der Waals surface area contributed by atoms with Gasteiger partial charge in [-0.3, -0.25) is 14.9 Å². The van der Waals surface area contributed by atoms with Gasteiger partial charge in [0.15, 0.2) is 5.76 Å². The van der Waals surface area contributed by atoms with Crippen LogP contribution in [0.4, 0.5) is 11.4 Å². The minimum Gasteiger partial charge on any atom is -0.461 e. The molecule has 0 saturated heterocycles. The number of hydrogen-bond acceptors (Lipinski definition) is 5. The van der Waals surface area contributed by atoms with Gasteiger partial charge in [0.2, 0.25) is 5.78 Å². The van der Waals surface area contributed by atoms with Crippen molar-refractivity contribution < 1.29 is 14.1 Å². The summed E-state index contributed by atoms with van der Waals surface area (Å²) in [4.78, 5) is 21.7. The van der Waals surface area contributed by atoms with Crippen LogP contribution < -0.4 is 5.32 Å². The number of allylic oxidation sites excluding steroid dienone is 1. The van der Waals surface area contributed by atoms with E-state index in [9.17, 15) is 14.9 Å². The van der Waals surface area contributed by atoms with Gasteiger partial charge in [0.05, 0.1) is 16.9 Å². The number of nitro benzene ring substituents is 1. The fraction of sp³-hybridized carbons (Fsp3) is 0. The summed E-state index contributed by atoms with van der Waals surface area (Å²) in [7, 11) is 0. The van der Waals surface area contributed by atoms with Gasteiger partial charge >= 0.3 is 0 Å². The second-order valence-corrected chi connectivity index (χ2v) is 4.59. The summed E-state index contributed by atoms with van der Waals surface area (Å²) in [6.07, 6.45) is 4.17. The lowest BCUT2D eigenvalue weighted by molar-refractivity contribution is -0.384. The van der Waals surface area contributed by atoms with E-state index in [2.05, 4.69) is 21.2 Å². The maximum absolute atomic E-state index is 11.6. The van der Waals surface area contributed by atoms with E-state index >= 15 is 0 Å². The Bertz CT molecular complexity index is 665. The molecular formula is C13H9BrN2O4. The smallest absolute Gasteiger partial charge is 0.270 e. The highest BCUT2D eigenvalue weighted by Gasteiger charge is 2.08. The SMILES string of the molecule is O=C(/C=C/Nc1ccc([N+](=O)[O-])cc1Br)c1ccco1. The number of rotatable bonds is 5. The quantitative estimate of drug-likeness (QED) is 0.389. The van der Waals surface area contributed by atoms with E-state index < -0.39 is 4.92 Å². The summed E-state index contributed by atoms with van der Waals surface area (Å²) in [5.74, 6) is -0.0358. The van der Waals surface area contributed by atoms with Crippen LogP contribution in [0.25, 0.3) is 0 Å². The summed E-state index contributed by atoms with van der Waals surface area (Å²) in [6, 6.07) is 7.49. The molecule has 102 valence electrons. The number of anilines is 1. The van der Waals surface area contributed by atoms with E-state index in [0.29, 0.717) is 10.2 Å². The molecule has 0 aliphatic heterocycles. The molecule has 0 bridgehead atoms. The maximum atomic E-state index is 11.6. The molecule has 2 aromatic rings. The standard InChI is InChI=1S/C13H9BrN2O4/c14-10-8-9(16(18)19)3-4-11(10)15-6-5-12(17)13-2-1-7-20-13/h1-8,15H/b6-5+. The predicted molar refractivity (Wildman–Crippen MR) is 76.6 cm³/mol. The van der Waals surface area contributed by atoms with Crippen LogP contribution in [-0.4, -0.2) is 10.7 Å². The van der Waals surface area contributed by atoms with Crippen LogP contribution in [0.1, 0.15) is 10.6 Å². The zero-order valence-electron chi connectivity index (χ0n) is 10.1. The van der Waals surface area contributed by atoms with E-state index in [-0.39, 0.29) is 17.2 Å². The van der Waals surface area contributed by atoms with E-state index in [1.807, 2.05) is 0 Å². The molecular weight excluding hydrogens is 328 g/mol. The Labute approximate surface area is 122 Å². The molecule has 1 aromatic heterocycles. The molecule has 0 atom stereocenters. The van der Waals surface area contributed by atoms with Crippen molar-refractivity contribution >= 4 is 33.1 Å². The molecule has 0 fully saturated rings. The lowest BCUT2D eigenvalue weighted by Gasteiger charge is -2.03. The molecule has 0 amide bonds. The summed E-state index contributed by atoms with van der Waals surface area (Å²) >= 11 is 3.22. The Morgan fingerprint density at radius 2 is 2.20 bits per heavy atom. The number of furan rings is 1. The van der Waals surface area contributed by atoms with Gasteiger partial charge in [-0.25, -0.2) is 0 Å². The first kappa shape index (κ1) is 14.0. The van der Waals surface area contributed by atoms with Crippen LogP contribution in [0.15, 0.2) is 57.8 Å². The number of ketones is 1. The average Bonchev–Trinajstić information content (AvgIpc) is 2.94. The van der Waals surface area contributed by atoms with Crippen LogP contribution in [0.3, 0.4) is 0 Å². The van der Waals surface area contributed by atoms with Crippen molar-refractivity contribution in [1.29, 1.82) is 0 Å². The number of hydrogen-bond donors (Lipinski definition) is 1. The van der Waals surface area contributed by atoms with Gasteiger partial charge in [-0.05, 0) is 34.1 Å². The van der Waals surface area contributed by atoms with E-state index in [4.69, 9.17) is 4.42 Å². The Morgan fingerprint density at radius 3 is 2.80 bits per heavy atom. The fourth-order valence-electron chi connectivity index (χ4n) is 1.44. The molecule has 0 aliphatic rings. The highest BCUT2D eigenvalue weighted by molar-refractivity contribution is 9.10. The molecule has 0 saturated carbocycles. The Hall–Kier alpha value is -2.41. The van der Waals surface area contributed by atoms with Crippen molar-refractivity contribution in [2.45, 2.75) is 0 Å². The number of benzene rings is 1. The van der Waals surface area contributed by atoms with Crippen molar-refractivity contribution in [2.24, 2.45) is 0 Å². The van der Waals surface area contributed by atoms with Gasteiger partial charge in [0, 0.05) is 28.9 Å². The number of carbonyl (C=O) groups is 1. The Kier molecular flexibility index (Phi) is 4.31. The van der Waals surface area contributed by atoms with Gasteiger partial charge in [0.1, 0.15) is 0 Å². The van der Waals surface area contributed by atoms with Crippen molar-refractivity contribution in [3.8, 4) is 0 Å². The molecule has 0 unspecified atom stereocenters. The lowest BCUT2D eigenvalue weighted by atomic mass is 10.3. The number of nitrogens with one attached hydrogen (secondary N) is 1. The normalized spacial score (nSPS) is 10.7. The Morgan fingerprint density at radius 1 is 1.40 bits per heavy atom. The molecule has 2 rings (SSSR count). The fourth-order valence-corrected chi connectivity index (χ4v) is 1.92. The van der Waals surface area contributed by atoms with Gasteiger partial charge in [-0.2, -0.15) is 0 Å². The summed E-state index contributed by atoms with van der Waals surface area (Å²) in [5.41, 5.74) is 0.595. The molecule has 6 nitrogen and oxygen atoms in total. The maximum Gasteiger partial charge on any atom is 0.270 e. The van der Waals surface area contributed by atoms with Gasteiger partial charge in [0.25, 0.3) is 5.69 Å². The van der Waals surface area contributed by atoms with Crippen LogP contribution in [0.2, 0.25) is 0 Å². The third kappa shape index (κ3) is 3.33.